The minimum Gasteiger partial charge on any atom is -0.388 e. The number of benzene rings is 2. The number of anilines is 2. The normalized spacial score (nSPS) is 12.8. The first-order chi connectivity index (χ1) is 17.0. The van der Waals surface area contributed by atoms with Crippen LogP contribution >= 0.6 is 0 Å². The van der Waals surface area contributed by atoms with Crippen LogP contribution in [0.3, 0.4) is 0 Å². The molecule has 0 radical (unpaired) electrons. The molecule has 3 heterocycles. The van der Waals surface area contributed by atoms with Crippen molar-refractivity contribution < 1.29 is 8.78 Å². The summed E-state index contributed by atoms with van der Waals surface area (Å²) in [6, 6.07) is 9.66. The lowest BCUT2D eigenvalue weighted by Gasteiger charge is -2.33. The third-order valence-electron chi connectivity index (χ3n) is 6.30. The van der Waals surface area contributed by atoms with Crippen molar-refractivity contribution in [3.63, 3.8) is 0 Å². The first-order valence-corrected chi connectivity index (χ1v) is 11.9. The van der Waals surface area contributed by atoms with Crippen LogP contribution in [-0.2, 0) is 13.5 Å². The Bertz CT molecular complexity index is 1360. The van der Waals surface area contributed by atoms with E-state index in [-0.39, 0.29) is 5.56 Å². The molecule has 4 aromatic rings. The molecule has 0 aliphatic carbocycles. The minimum atomic E-state index is -2.59. The monoisotopic (exact) mass is 475 g/mol. The number of hydrogen-bond acceptors (Lipinski definition) is 4. The molecule has 7 heteroatoms. The Balaban J connectivity index is 0.00000141. The third kappa shape index (κ3) is 4.63. The number of aryl methyl sites for hydroxylation is 2. The largest absolute Gasteiger partial charge is 0.388 e. The first-order valence-electron chi connectivity index (χ1n) is 11.9. The molecule has 5 nitrogen and oxygen atoms in total. The molecule has 0 bridgehead atoms. The van der Waals surface area contributed by atoms with Gasteiger partial charge in [-0.15, -0.1) is 0 Å². The van der Waals surface area contributed by atoms with Crippen LogP contribution in [0.5, 0.6) is 0 Å². The molecule has 35 heavy (non-hydrogen) atoms. The average molecular weight is 476 g/mol. The van der Waals surface area contributed by atoms with Crippen LogP contribution in [0, 0.1) is 0 Å². The van der Waals surface area contributed by atoms with Crippen molar-refractivity contribution in [2.24, 2.45) is 7.05 Å². The van der Waals surface area contributed by atoms with Crippen molar-refractivity contribution in [1.82, 2.24) is 20.1 Å². The first kappa shape index (κ1) is 24.4. The van der Waals surface area contributed by atoms with Crippen LogP contribution in [0.15, 0.2) is 61.7 Å². The van der Waals surface area contributed by atoms with E-state index in [2.05, 4.69) is 32.9 Å². The molecule has 0 fully saturated rings. The smallest absolute Gasteiger partial charge is 0.264 e. The second-order valence-corrected chi connectivity index (χ2v) is 8.35. The number of halogens is 2. The Kier molecular flexibility index (Phi) is 7.15. The highest BCUT2D eigenvalue weighted by atomic mass is 19.3. The molecule has 0 unspecified atom stereocenters. The summed E-state index contributed by atoms with van der Waals surface area (Å²) in [6.07, 6.45) is 6.23. The van der Waals surface area contributed by atoms with Crippen LogP contribution < -0.4 is 10.2 Å². The summed E-state index contributed by atoms with van der Waals surface area (Å²) < 4.78 is 30.0. The topological polar surface area (TPSA) is 46.0 Å². The van der Waals surface area contributed by atoms with Crippen molar-refractivity contribution >= 4 is 27.8 Å². The van der Waals surface area contributed by atoms with E-state index in [1.165, 1.54) is 0 Å². The molecule has 0 saturated carbocycles. The van der Waals surface area contributed by atoms with Crippen LogP contribution in [0.4, 0.5) is 20.2 Å². The van der Waals surface area contributed by atoms with Gasteiger partial charge in [-0.25, -0.2) is 8.78 Å². The van der Waals surface area contributed by atoms with Crippen molar-refractivity contribution in [3.8, 4) is 11.1 Å². The van der Waals surface area contributed by atoms with E-state index in [0.717, 1.165) is 58.4 Å². The standard InChI is InChI=1S/C26H25F2N5.C2H6/c1-16(29-2)17-6-7-19-12-30-14-25(22(19)9-17)33-8-4-5-18-10-21(20-13-31-32(3)15-20)23(26(27)28)11-24(18)33;1-2/h6-7,9-15,26,29H,1,4-5,8H2,2-3H3;1-2H3. The van der Waals surface area contributed by atoms with Gasteiger partial charge >= 0.3 is 0 Å². The number of nitrogens with one attached hydrogen (secondary N) is 1. The highest BCUT2D eigenvalue weighted by Crippen LogP contribution is 2.42. The molecular weight excluding hydrogens is 444 g/mol. The Hall–Kier alpha value is -3.74. The van der Waals surface area contributed by atoms with E-state index in [0.29, 0.717) is 11.1 Å². The van der Waals surface area contributed by atoms with Crippen molar-refractivity contribution in [3.05, 3.63) is 78.4 Å². The molecule has 182 valence electrons. The molecule has 0 amide bonds. The summed E-state index contributed by atoms with van der Waals surface area (Å²) in [7, 11) is 3.63. The highest BCUT2D eigenvalue weighted by Gasteiger charge is 2.25. The van der Waals surface area contributed by atoms with E-state index in [1.54, 1.807) is 30.2 Å². The maximum absolute atomic E-state index is 14.2. The summed E-state index contributed by atoms with van der Waals surface area (Å²) in [5, 5.41) is 9.27. The van der Waals surface area contributed by atoms with Crippen LogP contribution in [0.2, 0.25) is 0 Å². The van der Waals surface area contributed by atoms with Gasteiger partial charge in [-0.05, 0) is 47.7 Å². The summed E-state index contributed by atoms with van der Waals surface area (Å²) in [5.74, 6) is 0. The van der Waals surface area contributed by atoms with Gasteiger partial charge in [0.2, 0.25) is 0 Å². The lowest BCUT2D eigenvalue weighted by Crippen LogP contribution is -2.25. The van der Waals surface area contributed by atoms with Gasteiger partial charge in [0.1, 0.15) is 0 Å². The molecule has 2 aromatic heterocycles. The Morgan fingerprint density at radius 2 is 1.89 bits per heavy atom. The Morgan fingerprint density at radius 3 is 2.57 bits per heavy atom. The van der Waals surface area contributed by atoms with E-state index in [4.69, 9.17) is 0 Å². The van der Waals surface area contributed by atoms with Gasteiger partial charge < -0.3 is 10.2 Å². The number of fused-ring (bicyclic) bond motifs is 2. The van der Waals surface area contributed by atoms with Gasteiger partial charge in [-0.2, -0.15) is 5.10 Å². The highest BCUT2D eigenvalue weighted by molar-refractivity contribution is 5.97. The molecule has 0 spiro atoms. The maximum atomic E-state index is 14.2. The number of nitrogens with zero attached hydrogens (tertiary/aromatic N) is 4. The van der Waals surface area contributed by atoms with Gasteiger partial charge in [0.05, 0.1) is 18.1 Å². The molecular formula is C28H31F2N5. The number of alkyl halides is 2. The van der Waals surface area contributed by atoms with Crippen molar-refractivity contribution in [2.75, 3.05) is 18.5 Å². The molecule has 2 aromatic carbocycles. The second kappa shape index (κ2) is 10.3. The fourth-order valence-electron chi connectivity index (χ4n) is 4.59. The van der Waals surface area contributed by atoms with E-state index >= 15 is 0 Å². The second-order valence-electron chi connectivity index (χ2n) is 8.35. The number of rotatable bonds is 5. The van der Waals surface area contributed by atoms with Gasteiger partial charge in [-0.3, -0.25) is 9.67 Å². The van der Waals surface area contributed by atoms with Crippen LogP contribution in [0.25, 0.3) is 27.6 Å². The molecule has 5 rings (SSSR count). The van der Waals surface area contributed by atoms with Crippen LogP contribution in [0.1, 0.15) is 43.4 Å². The number of pyridine rings is 1. The fraction of sp³-hybridized carbons (Fsp3) is 0.286. The average Bonchev–Trinajstić information content (AvgIpc) is 3.33. The number of hydrogen-bond donors (Lipinski definition) is 1. The molecule has 1 N–H and O–H groups in total. The lowest BCUT2D eigenvalue weighted by molar-refractivity contribution is 0.152. The van der Waals surface area contributed by atoms with Gasteiger partial charge in [0, 0.05) is 66.3 Å². The Labute approximate surface area is 205 Å². The summed E-state index contributed by atoms with van der Waals surface area (Å²) in [4.78, 5) is 6.57. The van der Waals surface area contributed by atoms with E-state index in [1.807, 2.05) is 51.5 Å². The third-order valence-corrected chi connectivity index (χ3v) is 6.30. The fourth-order valence-corrected chi connectivity index (χ4v) is 4.59. The predicted molar refractivity (Wildman–Crippen MR) is 140 cm³/mol. The molecule has 0 atom stereocenters. The van der Waals surface area contributed by atoms with Gasteiger partial charge in [-0.1, -0.05) is 32.6 Å². The molecule has 0 saturated heterocycles. The van der Waals surface area contributed by atoms with Crippen molar-refractivity contribution in [2.45, 2.75) is 33.1 Å². The molecule has 1 aliphatic heterocycles. The van der Waals surface area contributed by atoms with Crippen molar-refractivity contribution in [1.29, 1.82) is 0 Å². The molecule has 1 aliphatic rings. The SMILES string of the molecule is C=C(NC)c1ccc2cncc(N3CCCc4cc(-c5cnn(C)c5)c(C(F)F)cc43)c2c1.CC. The zero-order valence-corrected chi connectivity index (χ0v) is 20.6. The predicted octanol–water partition coefficient (Wildman–Crippen LogP) is 6.87. The number of aromatic nitrogens is 3. The van der Waals surface area contributed by atoms with E-state index < -0.39 is 6.43 Å². The van der Waals surface area contributed by atoms with Gasteiger partial charge in [0.15, 0.2) is 0 Å². The zero-order valence-electron chi connectivity index (χ0n) is 20.6. The van der Waals surface area contributed by atoms with Gasteiger partial charge in [0.25, 0.3) is 6.43 Å². The minimum absolute atomic E-state index is 0.0195. The summed E-state index contributed by atoms with van der Waals surface area (Å²) in [6.45, 7) is 8.81. The quantitative estimate of drug-likeness (QED) is 0.342. The maximum Gasteiger partial charge on any atom is 0.264 e. The summed E-state index contributed by atoms with van der Waals surface area (Å²) >= 11 is 0. The Morgan fingerprint density at radius 1 is 1.09 bits per heavy atom. The lowest BCUT2D eigenvalue weighted by atomic mass is 9.92. The zero-order chi connectivity index (χ0) is 25.1. The van der Waals surface area contributed by atoms with E-state index in [9.17, 15) is 8.78 Å². The van der Waals surface area contributed by atoms with Crippen LogP contribution in [-0.4, -0.2) is 28.4 Å². The summed E-state index contributed by atoms with van der Waals surface area (Å²) in [5.41, 5.74) is 5.85.